The van der Waals surface area contributed by atoms with Crippen molar-refractivity contribution in [1.82, 2.24) is 0 Å². The Balaban J connectivity index is 0.999. The maximum atomic E-state index is 14.2. The van der Waals surface area contributed by atoms with Crippen LogP contribution < -0.4 is 0 Å². The van der Waals surface area contributed by atoms with Crippen molar-refractivity contribution in [3.63, 3.8) is 0 Å². The summed E-state index contributed by atoms with van der Waals surface area (Å²) in [6.07, 6.45) is 40.0. The molecule has 0 aliphatic heterocycles. The van der Waals surface area contributed by atoms with Crippen molar-refractivity contribution < 1.29 is 4.79 Å². The van der Waals surface area contributed by atoms with Crippen LogP contribution in [-0.4, -0.2) is 10.1 Å². The second-order valence-electron chi connectivity index (χ2n) is 17.4. The van der Waals surface area contributed by atoms with Crippen molar-refractivity contribution in [1.29, 1.82) is 0 Å². The van der Waals surface area contributed by atoms with E-state index in [1.807, 2.05) is 0 Å². The van der Waals surface area contributed by atoms with Gasteiger partial charge >= 0.3 is 0 Å². The van der Waals surface area contributed by atoms with Crippen LogP contribution in [-0.2, 0) is 4.79 Å². The van der Waals surface area contributed by atoms with Gasteiger partial charge in [0, 0.05) is 0 Å². The van der Waals surface area contributed by atoms with E-state index < -0.39 is 15.2 Å². The first-order chi connectivity index (χ1) is 21.9. The van der Waals surface area contributed by atoms with E-state index in [1.54, 1.807) is 0 Å². The molecule has 0 atom stereocenters. The van der Waals surface area contributed by atoms with E-state index in [0.29, 0.717) is 5.78 Å². The van der Waals surface area contributed by atoms with E-state index in [9.17, 15) is 4.79 Å². The van der Waals surface area contributed by atoms with Crippen LogP contribution in [0, 0.1) is 46.3 Å². The number of ketones is 1. The molecule has 5 aliphatic rings. The van der Waals surface area contributed by atoms with E-state index in [4.69, 9.17) is 23.2 Å². The number of halogens is 2. The Labute approximate surface area is 289 Å². The average molecular weight is 664 g/mol. The molecule has 1 nitrogen and oxygen atoms in total. The molecule has 0 bridgehead atoms. The van der Waals surface area contributed by atoms with Gasteiger partial charge in [-0.25, -0.2) is 0 Å². The smallest absolute Gasteiger partial charge is 0.151 e. The molecule has 0 N–H and O–H groups in total. The third kappa shape index (κ3) is 8.18. The van der Waals surface area contributed by atoms with Gasteiger partial charge in [0.1, 0.15) is 4.33 Å². The van der Waals surface area contributed by atoms with E-state index >= 15 is 0 Å². The lowest BCUT2D eigenvalue weighted by molar-refractivity contribution is -0.173. The first-order valence-electron chi connectivity index (χ1n) is 20.8. The van der Waals surface area contributed by atoms with Crippen LogP contribution in [0.15, 0.2) is 0 Å². The highest BCUT2D eigenvalue weighted by Crippen LogP contribution is 2.75. The zero-order valence-electron chi connectivity index (χ0n) is 29.8. The maximum absolute atomic E-state index is 14.2. The van der Waals surface area contributed by atoms with Gasteiger partial charge in [0.15, 0.2) is 5.78 Å². The standard InChI is InChI=1S/C42H72Cl2O/c1-3-5-7-9-11-13-15-33-17-21-35(22-18-33)37-25-29-40(30-26-37)39(45)41(42(40,43)44)31-27-38(28-32-41)36-23-19-34(20-24-36)16-14-12-10-8-6-4-2/h33-38H,3-32H2,1-2H3/t33-,34-,35-,36-,37?,38?,40?,41?. The van der Waals surface area contributed by atoms with E-state index in [2.05, 4.69) is 13.8 Å². The summed E-state index contributed by atoms with van der Waals surface area (Å²) in [4.78, 5) is 14.2. The van der Waals surface area contributed by atoms with Gasteiger partial charge in [-0.15, -0.1) is 0 Å². The Hall–Kier alpha value is 0.250. The van der Waals surface area contributed by atoms with Gasteiger partial charge in [-0.1, -0.05) is 153 Å². The van der Waals surface area contributed by atoms with Gasteiger partial charge in [0.05, 0.1) is 10.8 Å². The van der Waals surface area contributed by atoms with Crippen molar-refractivity contribution >= 4 is 29.0 Å². The number of Topliss-reactive ketones (excluding diaryl/α,β-unsaturated/α-hetero) is 1. The third-order valence-corrected chi connectivity index (χ3v) is 16.3. The van der Waals surface area contributed by atoms with Crippen LogP contribution in [0.25, 0.3) is 0 Å². The average Bonchev–Trinajstić information content (AvgIpc) is 3.08. The lowest BCUT2D eigenvalue weighted by Gasteiger charge is -2.67. The van der Waals surface area contributed by atoms with Crippen molar-refractivity contribution in [2.75, 3.05) is 0 Å². The fraction of sp³-hybridized carbons (Fsp3) is 0.976. The van der Waals surface area contributed by atoms with E-state index in [0.717, 1.165) is 61.2 Å². The highest BCUT2D eigenvalue weighted by atomic mass is 35.5. The first kappa shape index (κ1) is 36.5. The molecule has 5 aliphatic carbocycles. The minimum atomic E-state index is -0.837. The molecule has 0 amide bonds. The molecular weight excluding hydrogens is 591 g/mol. The molecule has 2 spiro atoms. The van der Waals surface area contributed by atoms with Gasteiger partial charge in [-0.2, -0.15) is 0 Å². The highest BCUT2D eigenvalue weighted by Gasteiger charge is 2.79. The first-order valence-corrected chi connectivity index (χ1v) is 21.5. The van der Waals surface area contributed by atoms with Gasteiger partial charge in [0.2, 0.25) is 0 Å². The zero-order chi connectivity index (χ0) is 31.8. The third-order valence-electron chi connectivity index (χ3n) is 14.9. The van der Waals surface area contributed by atoms with E-state index in [1.165, 1.54) is 167 Å². The molecule has 0 heterocycles. The van der Waals surface area contributed by atoms with Crippen LogP contribution in [0.5, 0.6) is 0 Å². The Kier molecular flexibility index (Phi) is 14.0. The molecule has 0 aromatic heterocycles. The van der Waals surface area contributed by atoms with Crippen LogP contribution in [0.2, 0.25) is 0 Å². The summed E-state index contributed by atoms with van der Waals surface area (Å²) in [6, 6.07) is 0. The minimum Gasteiger partial charge on any atom is -0.298 e. The van der Waals surface area contributed by atoms with Crippen molar-refractivity contribution in [2.45, 2.75) is 211 Å². The molecule has 5 saturated carbocycles. The number of carbonyl (C=O) groups is 1. The molecule has 0 unspecified atom stereocenters. The fourth-order valence-electron chi connectivity index (χ4n) is 11.8. The number of hydrogen-bond donors (Lipinski definition) is 0. The summed E-state index contributed by atoms with van der Waals surface area (Å²) in [5.41, 5.74) is -0.883. The summed E-state index contributed by atoms with van der Waals surface area (Å²) in [6.45, 7) is 4.61. The summed E-state index contributed by atoms with van der Waals surface area (Å²) < 4.78 is -0.837. The summed E-state index contributed by atoms with van der Waals surface area (Å²) >= 11 is 14.8. The summed E-state index contributed by atoms with van der Waals surface area (Å²) in [5, 5.41) is 0. The molecule has 0 radical (unpaired) electrons. The summed E-state index contributed by atoms with van der Waals surface area (Å²) in [7, 11) is 0. The number of rotatable bonds is 16. The maximum Gasteiger partial charge on any atom is 0.151 e. The van der Waals surface area contributed by atoms with Gasteiger partial charge < -0.3 is 0 Å². The molecule has 0 saturated heterocycles. The van der Waals surface area contributed by atoms with Crippen LogP contribution in [0.4, 0.5) is 0 Å². The molecule has 0 aromatic carbocycles. The molecule has 0 aromatic rings. The number of hydrogen-bond acceptors (Lipinski definition) is 1. The Morgan fingerprint density at radius 1 is 0.467 bits per heavy atom. The molecular formula is C42H72Cl2O. The Morgan fingerprint density at radius 2 is 0.778 bits per heavy atom. The van der Waals surface area contributed by atoms with Crippen molar-refractivity contribution in [3.05, 3.63) is 0 Å². The SMILES string of the molecule is CCCCCCCC[C@H]1CC[C@H](C2CCC3(CC2)C(=O)C2(CCC([C@H]4CC[C@H](CCCCCCCC)CC4)CC2)C3(Cl)Cl)CC1. The lowest BCUT2D eigenvalue weighted by Crippen LogP contribution is -2.74. The largest absolute Gasteiger partial charge is 0.298 e. The lowest BCUT2D eigenvalue weighted by atomic mass is 9.41. The molecule has 45 heavy (non-hydrogen) atoms. The van der Waals surface area contributed by atoms with Gasteiger partial charge in [0.25, 0.3) is 0 Å². The normalized spacial score (nSPS) is 38.4. The predicted octanol–water partition coefficient (Wildman–Crippen LogP) is 14.2. The molecule has 5 fully saturated rings. The van der Waals surface area contributed by atoms with Crippen LogP contribution >= 0.6 is 23.2 Å². The Bertz CT molecular complexity index is 795. The van der Waals surface area contributed by atoms with Crippen LogP contribution in [0.1, 0.15) is 206 Å². The monoisotopic (exact) mass is 662 g/mol. The second-order valence-corrected chi connectivity index (χ2v) is 18.7. The minimum absolute atomic E-state index is 0.441. The topological polar surface area (TPSA) is 17.1 Å². The molecule has 5 rings (SSSR count). The predicted molar refractivity (Wildman–Crippen MR) is 195 cm³/mol. The van der Waals surface area contributed by atoms with Gasteiger partial charge in [-0.3, -0.25) is 4.79 Å². The zero-order valence-corrected chi connectivity index (χ0v) is 31.4. The van der Waals surface area contributed by atoms with Gasteiger partial charge in [-0.05, 0) is 113 Å². The summed E-state index contributed by atoms with van der Waals surface area (Å²) in [5.74, 6) is 5.79. The van der Waals surface area contributed by atoms with Crippen LogP contribution in [0.3, 0.4) is 0 Å². The number of unbranched alkanes of at least 4 members (excludes halogenated alkanes) is 10. The number of alkyl halides is 2. The fourth-order valence-corrected chi connectivity index (χ4v) is 12.9. The second kappa shape index (κ2) is 17.3. The molecule has 260 valence electrons. The van der Waals surface area contributed by atoms with Crippen molar-refractivity contribution in [3.8, 4) is 0 Å². The number of carbonyl (C=O) groups excluding carboxylic acids is 1. The van der Waals surface area contributed by atoms with Crippen molar-refractivity contribution in [2.24, 2.45) is 46.3 Å². The quantitative estimate of drug-likeness (QED) is 0.119. The highest BCUT2D eigenvalue weighted by molar-refractivity contribution is 6.55. The van der Waals surface area contributed by atoms with E-state index in [-0.39, 0.29) is 0 Å². The Morgan fingerprint density at radius 3 is 1.11 bits per heavy atom. The molecule has 3 heteroatoms.